The first-order valence-electron chi connectivity index (χ1n) is 3.97. The summed E-state index contributed by atoms with van der Waals surface area (Å²) in [5.74, 6) is -0.920. The third kappa shape index (κ3) is 13.4. The molecule has 0 aromatic carbocycles. The van der Waals surface area contributed by atoms with Gasteiger partial charge in [-0.15, -0.1) is 0 Å². The maximum atomic E-state index is 9.92. The van der Waals surface area contributed by atoms with E-state index in [4.69, 9.17) is 0 Å². The zero-order chi connectivity index (χ0) is 7.82. The van der Waals surface area contributed by atoms with Crippen LogP contribution >= 0.6 is 0 Å². The Kier molecular flexibility index (Phi) is 13.2. The molecule has 0 N–H and O–H groups in total. The first-order chi connectivity index (χ1) is 4.77. The SMILES string of the molecule is CCCCCCCC(=O)[O-].[Pb]. The minimum atomic E-state index is -0.920. The van der Waals surface area contributed by atoms with Gasteiger partial charge in [0.15, 0.2) is 0 Å². The van der Waals surface area contributed by atoms with Crippen LogP contribution in [0, 0.1) is 0 Å². The smallest absolute Gasteiger partial charge is 0.0414 e. The fraction of sp³-hybridized carbons (Fsp3) is 0.875. The molecule has 0 aliphatic carbocycles. The molecule has 0 bridgehead atoms. The van der Waals surface area contributed by atoms with Crippen LogP contribution in [0.25, 0.3) is 0 Å². The summed E-state index contributed by atoms with van der Waals surface area (Å²) in [6, 6.07) is 0. The number of hydrogen-bond acceptors (Lipinski definition) is 2. The average molecular weight is 350 g/mol. The number of hydrogen-bond donors (Lipinski definition) is 0. The van der Waals surface area contributed by atoms with Crippen LogP contribution in [0.4, 0.5) is 0 Å². The van der Waals surface area contributed by atoms with Crippen molar-refractivity contribution >= 4 is 33.3 Å². The molecule has 0 aromatic heterocycles. The summed E-state index contributed by atoms with van der Waals surface area (Å²) >= 11 is 0. The van der Waals surface area contributed by atoms with Gasteiger partial charge in [-0.25, -0.2) is 0 Å². The maximum absolute atomic E-state index is 9.92. The second-order valence-corrected chi connectivity index (χ2v) is 2.54. The second kappa shape index (κ2) is 10.4. The largest absolute Gasteiger partial charge is 0.550 e. The molecule has 0 amide bonds. The molecule has 0 atom stereocenters. The zero-order valence-electron chi connectivity index (χ0n) is 7.06. The minimum Gasteiger partial charge on any atom is -0.550 e. The summed E-state index contributed by atoms with van der Waals surface area (Å²) in [5, 5.41) is 9.92. The van der Waals surface area contributed by atoms with Crippen LogP contribution in [0.3, 0.4) is 0 Å². The molecule has 0 fully saturated rings. The van der Waals surface area contributed by atoms with Crippen molar-refractivity contribution < 1.29 is 9.90 Å². The van der Waals surface area contributed by atoms with E-state index >= 15 is 0 Å². The van der Waals surface area contributed by atoms with E-state index in [1.165, 1.54) is 12.8 Å². The predicted molar refractivity (Wildman–Crippen MR) is 44.1 cm³/mol. The second-order valence-electron chi connectivity index (χ2n) is 2.54. The molecule has 4 radical (unpaired) electrons. The molecule has 3 heteroatoms. The van der Waals surface area contributed by atoms with E-state index in [-0.39, 0.29) is 33.7 Å². The summed E-state index contributed by atoms with van der Waals surface area (Å²) in [7, 11) is 0. The van der Waals surface area contributed by atoms with E-state index in [1.54, 1.807) is 0 Å². The summed E-state index contributed by atoms with van der Waals surface area (Å²) < 4.78 is 0. The van der Waals surface area contributed by atoms with Gasteiger partial charge >= 0.3 is 0 Å². The van der Waals surface area contributed by atoms with Gasteiger partial charge < -0.3 is 9.90 Å². The zero-order valence-corrected chi connectivity index (χ0v) is 10.9. The van der Waals surface area contributed by atoms with Gasteiger partial charge in [-0.05, 0) is 12.8 Å². The molecular weight excluding hydrogens is 335 g/mol. The third-order valence-electron chi connectivity index (χ3n) is 1.48. The maximum Gasteiger partial charge on any atom is 0.0414 e. The summed E-state index contributed by atoms with van der Waals surface area (Å²) in [4.78, 5) is 9.92. The number of rotatable bonds is 6. The number of carbonyl (C=O) groups is 1. The topological polar surface area (TPSA) is 40.1 Å². The van der Waals surface area contributed by atoms with Gasteiger partial charge in [0, 0.05) is 33.3 Å². The van der Waals surface area contributed by atoms with Crippen LogP contribution in [-0.2, 0) is 4.79 Å². The Labute approximate surface area is 88.5 Å². The summed E-state index contributed by atoms with van der Waals surface area (Å²) in [6.07, 6.45) is 5.61. The summed E-state index contributed by atoms with van der Waals surface area (Å²) in [6.45, 7) is 2.14. The molecule has 0 aliphatic rings. The van der Waals surface area contributed by atoms with Crippen molar-refractivity contribution in [2.75, 3.05) is 0 Å². The van der Waals surface area contributed by atoms with E-state index in [2.05, 4.69) is 6.92 Å². The Morgan fingerprint density at radius 2 is 1.73 bits per heavy atom. The van der Waals surface area contributed by atoms with E-state index in [9.17, 15) is 9.90 Å². The van der Waals surface area contributed by atoms with E-state index in [0.29, 0.717) is 0 Å². The number of unbranched alkanes of at least 4 members (excludes halogenated alkanes) is 4. The van der Waals surface area contributed by atoms with Gasteiger partial charge in [0.25, 0.3) is 0 Å². The monoisotopic (exact) mass is 351 g/mol. The first-order valence-corrected chi connectivity index (χ1v) is 3.97. The molecule has 0 saturated heterocycles. The van der Waals surface area contributed by atoms with Crippen molar-refractivity contribution in [2.45, 2.75) is 45.4 Å². The summed E-state index contributed by atoms with van der Waals surface area (Å²) in [5.41, 5.74) is 0. The molecular formula is C8H15O2Pb-. The molecule has 0 saturated carbocycles. The Balaban J connectivity index is 0. The Morgan fingerprint density at radius 1 is 1.18 bits per heavy atom. The number of aliphatic carboxylic acids is 1. The Bertz CT molecular complexity index is 94.1. The van der Waals surface area contributed by atoms with Crippen molar-refractivity contribution in [2.24, 2.45) is 0 Å². The Hall–Kier alpha value is 0.392. The van der Waals surface area contributed by atoms with Crippen molar-refractivity contribution in [1.29, 1.82) is 0 Å². The van der Waals surface area contributed by atoms with Crippen LogP contribution in [0.2, 0.25) is 0 Å². The van der Waals surface area contributed by atoms with Crippen molar-refractivity contribution in [3.05, 3.63) is 0 Å². The van der Waals surface area contributed by atoms with E-state index in [1.807, 2.05) is 0 Å². The molecule has 0 unspecified atom stereocenters. The van der Waals surface area contributed by atoms with Gasteiger partial charge in [0.05, 0.1) is 0 Å². The molecule has 64 valence electrons. The number of carboxylic acid groups (broad SMARTS) is 1. The van der Waals surface area contributed by atoms with Crippen molar-refractivity contribution in [3.63, 3.8) is 0 Å². The Morgan fingerprint density at radius 3 is 2.18 bits per heavy atom. The fourth-order valence-corrected chi connectivity index (χ4v) is 0.873. The fourth-order valence-electron chi connectivity index (χ4n) is 0.873. The standard InChI is InChI=1S/C8H16O2.Pb/c1-2-3-4-5-6-7-8(9)10;/h2-7H2,1H3,(H,9,10);/p-1. The van der Waals surface area contributed by atoms with Crippen LogP contribution < -0.4 is 5.11 Å². The molecule has 0 aromatic rings. The van der Waals surface area contributed by atoms with Gasteiger partial charge in [-0.3, -0.25) is 0 Å². The van der Waals surface area contributed by atoms with Crippen molar-refractivity contribution in [1.82, 2.24) is 0 Å². The van der Waals surface area contributed by atoms with Gasteiger partial charge in [-0.1, -0.05) is 32.6 Å². The van der Waals surface area contributed by atoms with Crippen LogP contribution in [0.1, 0.15) is 45.4 Å². The normalized spacial score (nSPS) is 8.82. The molecule has 0 heterocycles. The van der Waals surface area contributed by atoms with Crippen LogP contribution in [0.5, 0.6) is 0 Å². The molecule has 0 aliphatic heterocycles. The number of carboxylic acids is 1. The van der Waals surface area contributed by atoms with Gasteiger partial charge in [-0.2, -0.15) is 0 Å². The molecule has 2 nitrogen and oxygen atoms in total. The van der Waals surface area contributed by atoms with E-state index in [0.717, 1.165) is 19.3 Å². The minimum absolute atomic E-state index is 0. The molecule has 0 spiro atoms. The van der Waals surface area contributed by atoms with Crippen LogP contribution in [-0.4, -0.2) is 33.3 Å². The predicted octanol–water partition coefficient (Wildman–Crippen LogP) is 0.716. The van der Waals surface area contributed by atoms with Crippen molar-refractivity contribution in [3.8, 4) is 0 Å². The third-order valence-corrected chi connectivity index (χ3v) is 1.48. The van der Waals surface area contributed by atoms with Gasteiger partial charge in [0.2, 0.25) is 0 Å². The number of carbonyl (C=O) groups excluding carboxylic acids is 1. The van der Waals surface area contributed by atoms with Gasteiger partial charge in [0.1, 0.15) is 0 Å². The molecule has 11 heavy (non-hydrogen) atoms. The van der Waals surface area contributed by atoms with Crippen LogP contribution in [0.15, 0.2) is 0 Å². The first kappa shape index (κ1) is 13.9. The van der Waals surface area contributed by atoms with E-state index < -0.39 is 5.97 Å². The quantitative estimate of drug-likeness (QED) is 0.523. The average Bonchev–Trinajstić information content (AvgIpc) is 1.87. The molecule has 0 rings (SSSR count).